The Balaban J connectivity index is 2.19. The highest BCUT2D eigenvalue weighted by Gasteiger charge is 2.17. The summed E-state index contributed by atoms with van der Waals surface area (Å²) in [5.74, 6) is -0.809. The number of nitrogens with zero attached hydrogens (tertiary/aromatic N) is 1. The number of rotatable bonds is 4. The molecule has 4 N–H and O–H groups in total. The Kier molecular flexibility index (Phi) is 4.19. The summed E-state index contributed by atoms with van der Waals surface area (Å²) in [4.78, 5) is 16.4. The van der Waals surface area contributed by atoms with Gasteiger partial charge in [0.05, 0.1) is 5.69 Å². The SMILES string of the molecule is CCNc1nc(N)c(C(=O)Nc2ccc(C)cc2F)s1. The van der Waals surface area contributed by atoms with Gasteiger partial charge in [-0.3, -0.25) is 4.79 Å². The lowest BCUT2D eigenvalue weighted by atomic mass is 10.2. The summed E-state index contributed by atoms with van der Waals surface area (Å²) < 4.78 is 13.7. The third-order valence-electron chi connectivity index (χ3n) is 2.56. The van der Waals surface area contributed by atoms with Crippen LogP contribution in [-0.2, 0) is 0 Å². The van der Waals surface area contributed by atoms with E-state index in [0.29, 0.717) is 11.7 Å². The molecule has 106 valence electrons. The highest BCUT2D eigenvalue weighted by Crippen LogP contribution is 2.26. The Bertz CT molecular complexity index is 641. The van der Waals surface area contributed by atoms with E-state index in [9.17, 15) is 9.18 Å². The first-order chi connectivity index (χ1) is 9.51. The zero-order valence-electron chi connectivity index (χ0n) is 11.2. The van der Waals surface area contributed by atoms with E-state index in [1.165, 1.54) is 12.1 Å². The largest absolute Gasteiger partial charge is 0.382 e. The van der Waals surface area contributed by atoms with Crippen molar-refractivity contribution in [3.05, 3.63) is 34.5 Å². The van der Waals surface area contributed by atoms with Gasteiger partial charge in [-0.15, -0.1) is 0 Å². The third kappa shape index (κ3) is 3.05. The standard InChI is InChI=1S/C13H15FN4OS/c1-3-16-13-18-11(15)10(20-13)12(19)17-9-5-4-7(2)6-8(9)14/h4-6H,3,15H2,1-2H3,(H,16,18)(H,17,19). The first kappa shape index (κ1) is 14.3. The van der Waals surface area contributed by atoms with Crippen molar-refractivity contribution in [2.45, 2.75) is 13.8 Å². The molecule has 0 aliphatic carbocycles. The predicted molar refractivity (Wildman–Crippen MR) is 79.8 cm³/mol. The summed E-state index contributed by atoms with van der Waals surface area (Å²) in [6.07, 6.45) is 0. The molecule has 0 spiro atoms. The number of hydrogen-bond acceptors (Lipinski definition) is 5. The Morgan fingerprint density at radius 2 is 2.25 bits per heavy atom. The van der Waals surface area contributed by atoms with Crippen LogP contribution < -0.4 is 16.4 Å². The van der Waals surface area contributed by atoms with Gasteiger partial charge in [0.15, 0.2) is 5.13 Å². The Hall–Kier alpha value is -2.15. The lowest BCUT2D eigenvalue weighted by molar-refractivity contribution is 0.103. The number of anilines is 3. The molecular formula is C13H15FN4OS. The second-order valence-electron chi connectivity index (χ2n) is 4.20. The summed E-state index contributed by atoms with van der Waals surface area (Å²) in [5, 5.41) is 6.05. The van der Waals surface area contributed by atoms with E-state index in [1.54, 1.807) is 13.0 Å². The average molecular weight is 294 g/mol. The van der Waals surface area contributed by atoms with Gasteiger partial charge >= 0.3 is 0 Å². The van der Waals surface area contributed by atoms with E-state index >= 15 is 0 Å². The second-order valence-corrected chi connectivity index (χ2v) is 5.20. The first-order valence-electron chi connectivity index (χ1n) is 6.09. The number of benzene rings is 1. The van der Waals surface area contributed by atoms with Crippen molar-refractivity contribution < 1.29 is 9.18 Å². The zero-order chi connectivity index (χ0) is 14.7. The third-order valence-corrected chi connectivity index (χ3v) is 3.59. The minimum atomic E-state index is -0.478. The minimum absolute atomic E-state index is 0.124. The van der Waals surface area contributed by atoms with Gasteiger partial charge < -0.3 is 16.4 Å². The van der Waals surface area contributed by atoms with E-state index in [0.717, 1.165) is 16.9 Å². The molecule has 2 aromatic rings. The lowest BCUT2D eigenvalue weighted by Gasteiger charge is -2.05. The molecule has 0 aliphatic heterocycles. The molecule has 0 atom stereocenters. The van der Waals surface area contributed by atoms with Gasteiger partial charge in [0, 0.05) is 6.54 Å². The Morgan fingerprint density at radius 1 is 1.50 bits per heavy atom. The molecule has 7 heteroatoms. The number of carbonyl (C=O) groups is 1. The van der Waals surface area contributed by atoms with Crippen molar-refractivity contribution in [3.63, 3.8) is 0 Å². The summed E-state index contributed by atoms with van der Waals surface area (Å²) in [6, 6.07) is 4.60. The second kappa shape index (κ2) is 5.87. The fraction of sp³-hybridized carbons (Fsp3) is 0.231. The number of carbonyl (C=O) groups excluding carboxylic acids is 1. The first-order valence-corrected chi connectivity index (χ1v) is 6.90. The molecule has 2 rings (SSSR count). The van der Waals surface area contributed by atoms with Crippen LogP contribution in [0, 0.1) is 12.7 Å². The van der Waals surface area contributed by atoms with Crippen LogP contribution in [-0.4, -0.2) is 17.4 Å². The highest BCUT2D eigenvalue weighted by atomic mass is 32.1. The van der Waals surface area contributed by atoms with Gasteiger partial charge in [-0.25, -0.2) is 9.37 Å². The molecular weight excluding hydrogens is 279 g/mol. The van der Waals surface area contributed by atoms with E-state index in [1.807, 2.05) is 6.92 Å². The van der Waals surface area contributed by atoms with Gasteiger partial charge in [0.2, 0.25) is 0 Å². The van der Waals surface area contributed by atoms with Crippen LogP contribution in [0.4, 0.5) is 21.0 Å². The molecule has 0 saturated carbocycles. The molecule has 1 aromatic heterocycles. The monoisotopic (exact) mass is 294 g/mol. The number of hydrogen-bond donors (Lipinski definition) is 3. The normalized spacial score (nSPS) is 10.3. The Morgan fingerprint density at radius 3 is 2.90 bits per heavy atom. The predicted octanol–water partition coefficient (Wildman–Crippen LogP) is 2.86. The summed E-state index contributed by atoms with van der Waals surface area (Å²) >= 11 is 1.14. The molecule has 1 heterocycles. The van der Waals surface area contributed by atoms with Gasteiger partial charge in [-0.1, -0.05) is 17.4 Å². The van der Waals surface area contributed by atoms with Crippen LogP contribution >= 0.6 is 11.3 Å². The smallest absolute Gasteiger partial charge is 0.269 e. The van der Waals surface area contributed by atoms with Crippen LogP contribution in [0.15, 0.2) is 18.2 Å². The number of amides is 1. The van der Waals surface area contributed by atoms with Crippen LogP contribution in [0.2, 0.25) is 0 Å². The van der Waals surface area contributed by atoms with Crippen LogP contribution in [0.25, 0.3) is 0 Å². The fourth-order valence-electron chi connectivity index (χ4n) is 1.62. The molecule has 0 aliphatic rings. The number of thiazole rings is 1. The quantitative estimate of drug-likeness (QED) is 0.810. The average Bonchev–Trinajstić information content (AvgIpc) is 2.74. The molecule has 1 amide bonds. The highest BCUT2D eigenvalue weighted by molar-refractivity contribution is 7.18. The van der Waals surface area contributed by atoms with E-state index in [-0.39, 0.29) is 16.4 Å². The minimum Gasteiger partial charge on any atom is -0.382 e. The maximum absolute atomic E-state index is 13.7. The number of nitrogens with one attached hydrogen (secondary N) is 2. The van der Waals surface area contributed by atoms with Gasteiger partial charge in [0.1, 0.15) is 16.5 Å². The fourth-order valence-corrected chi connectivity index (χ4v) is 2.47. The van der Waals surface area contributed by atoms with Crippen molar-refractivity contribution in [3.8, 4) is 0 Å². The lowest BCUT2D eigenvalue weighted by Crippen LogP contribution is -2.13. The molecule has 0 fully saturated rings. The summed E-state index contributed by atoms with van der Waals surface area (Å²) in [5.41, 5.74) is 6.60. The van der Waals surface area contributed by atoms with Crippen LogP contribution in [0.5, 0.6) is 0 Å². The van der Waals surface area contributed by atoms with E-state index in [4.69, 9.17) is 5.73 Å². The number of aryl methyl sites for hydroxylation is 1. The topological polar surface area (TPSA) is 80.0 Å². The van der Waals surface area contributed by atoms with Crippen molar-refractivity contribution in [2.24, 2.45) is 0 Å². The van der Waals surface area contributed by atoms with Gasteiger partial charge in [-0.2, -0.15) is 0 Å². The number of nitrogen functional groups attached to an aromatic ring is 1. The molecule has 20 heavy (non-hydrogen) atoms. The van der Waals surface area contributed by atoms with Crippen molar-refractivity contribution in [2.75, 3.05) is 22.9 Å². The molecule has 0 radical (unpaired) electrons. The number of nitrogens with two attached hydrogens (primary N) is 1. The van der Waals surface area contributed by atoms with Gasteiger partial charge in [-0.05, 0) is 31.5 Å². The van der Waals surface area contributed by atoms with Crippen LogP contribution in [0.3, 0.4) is 0 Å². The molecule has 1 aromatic carbocycles. The van der Waals surface area contributed by atoms with Crippen molar-refractivity contribution in [1.82, 2.24) is 4.98 Å². The van der Waals surface area contributed by atoms with Crippen molar-refractivity contribution >= 4 is 33.9 Å². The molecule has 0 unspecified atom stereocenters. The van der Waals surface area contributed by atoms with E-state index < -0.39 is 11.7 Å². The Labute approximate surface area is 120 Å². The molecule has 5 nitrogen and oxygen atoms in total. The maximum Gasteiger partial charge on any atom is 0.269 e. The van der Waals surface area contributed by atoms with E-state index in [2.05, 4.69) is 15.6 Å². The summed E-state index contributed by atoms with van der Waals surface area (Å²) in [7, 11) is 0. The maximum atomic E-state index is 13.7. The van der Waals surface area contributed by atoms with Gasteiger partial charge in [0.25, 0.3) is 5.91 Å². The summed E-state index contributed by atoms with van der Waals surface area (Å²) in [6.45, 7) is 4.37. The molecule has 0 saturated heterocycles. The zero-order valence-corrected chi connectivity index (χ0v) is 12.0. The van der Waals surface area contributed by atoms with Crippen molar-refractivity contribution in [1.29, 1.82) is 0 Å². The molecule has 0 bridgehead atoms. The number of halogens is 1. The number of aromatic nitrogens is 1. The van der Waals surface area contributed by atoms with Crippen LogP contribution in [0.1, 0.15) is 22.2 Å².